The lowest BCUT2D eigenvalue weighted by molar-refractivity contribution is -0.750. The first kappa shape index (κ1) is 23.6. The summed E-state index contributed by atoms with van der Waals surface area (Å²) in [6.45, 7) is 2.44. The minimum atomic E-state index is 0.0500. The fourth-order valence-corrected chi connectivity index (χ4v) is 5.31. The van der Waals surface area contributed by atoms with Crippen molar-refractivity contribution in [2.24, 2.45) is 27.7 Å². The Labute approximate surface area is 218 Å². The first-order valence-corrected chi connectivity index (χ1v) is 12.9. The molecular weight excluding hydrogens is 458 g/mol. The van der Waals surface area contributed by atoms with E-state index < -0.39 is 0 Å². The van der Waals surface area contributed by atoms with Crippen LogP contribution in [-0.2, 0) is 13.2 Å². The molecule has 0 aromatic heterocycles. The Bertz CT molecular complexity index is 1370. The molecule has 1 saturated carbocycles. The van der Waals surface area contributed by atoms with Crippen LogP contribution in [0.5, 0.6) is 5.75 Å². The Hall–Kier alpha value is -3.84. The van der Waals surface area contributed by atoms with Crippen LogP contribution in [0.2, 0.25) is 0 Å². The maximum absolute atomic E-state index is 6.96. The van der Waals surface area contributed by atoms with Gasteiger partial charge < -0.3 is 10.1 Å². The van der Waals surface area contributed by atoms with Crippen LogP contribution in [0.3, 0.4) is 0 Å². The molecule has 3 aromatic carbocycles. The highest BCUT2D eigenvalue weighted by molar-refractivity contribution is 6.00. The highest BCUT2D eigenvalue weighted by atomic mass is 16.5. The lowest BCUT2D eigenvalue weighted by Crippen LogP contribution is -2.53. The number of allylic oxidation sites excluding steroid dienone is 2. The van der Waals surface area contributed by atoms with Crippen LogP contribution in [0.4, 0.5) is 0 Å². The molecular formula is C31H32N5O+. The first-order chi connectivity index (χ1) is 18.2. The second-order valence-corrected chi connectivity index (χ2v) is 10.0. The lowest BCUT2D eigenvalue weighted by Gasteiger charge is -2.35. The number of hydrogen-bond acceptors (Lipinski definition) is 5. The molecule has 186 valence electrons. The predicted molar refractivity (Wildman–Crippen MR) is 147 cm³/mol. The minimum Gasteiger partial charge on any atom is -0.489 e. The molecule has 6 heteroatoms. The largest absolute Gasteiger partial charge is 0.489 e. The molecule has 37 heavy (non-hydrogen) atoms. The van der Waals surface area contributed by atoms with Gasteiger partial charge in [0.1, 0.15) is 24.3 Å². The van der Waals surface area contributed by atoms with Gasteiger partial charge >= 0.3 is 0 Å². The molecule has 3 aliphatic rings. The second-order valence-electron chi connectivity index (χ2n) is 10.0. The molecule has 1 aliphatic carbocycles. The molecule has 6 nitrogen and oxygen atoms in total. The molecule has 1 atom stereocenters. The SMILES string of the molecule is N[N+]12C=CN=CC1=C(C1CC(CNCc3ccccc3)C1)N=C2c1cccc(OCc2ccccc2)c1. The van der Waals surface area contributed by atoms with Crippen LogP contribution < -0.4 is 15.9 Å². The predicted octanol–water partition coefficient (Wildman–Crippen LogP) is 5.30. The number of amidine groups is 1. The third-order valence-electron chi connectivity index (χ3n) is 7.39. The Morgan fingerprint density at radius 2 is 1.68 bits per heavy atom. The summed E-state index contributed by atoms with van der Waals surface area (Å²) >= 11 is 0. The van der Waals surface area contributed by atoms with E-state index >= 15 is 0 Å². The number of benzene rings is 3. The van der Waals surface area contributed by atoms with Gasteiger partial charge in [0.25, 0.3) is 5.84 Å². The summed E-state index contributed by atoms with van der Waals surface area (Å²) < 4.78 is 6.13. The number of nitrogens with two attached hydrogens (primary N) is 1. The van der Waals surface area contributed by atoms with E-state index in [9.17, 15) is 0 Å². The Morgan fingerprint density at radius 3 is 2.46 bits per heavy atom. The summed E-state index contributed by atoms with van der Waals surface area (Å²) in [6, 6.07) is 28.8. The van der Waals surface area contributed by atoms with E-state index in [0.29, 0.717) is 18.4 Å². The first-order valence-electron chi connectivity index (χ1n) is 12.9. The number of fused-ring (bicyclic) bond motifs is 1. The summed E-state index contributed by atoms with van der Waals surface area (Å²) in [5.41, 5.74) is 5.45. The fraction of sp³-hybridized carbons (Fsp3) is 0.226. The smallest absolute Gasteiger partial charge is 0.265 e. The van der Waals surface area contributed by atoms with Crippen molar-refractivity contribution in [1.82, 2.24) is 5.32 Å². The van der Waals surface area contributed by atoms with E-state index in [1.807, 2.05) is 48.8 Å². The Balaban J connectivity index is 1.15. The average molecular weight is 491 g/mol. The maximum Gasteiger partial charge on any atom is 0.265 e. The van der Waals surface area contributed by atoms with Crippen LogP contribution in [-0.4, -0.2) is 23.2 Å². The maximum atomic E-state index is 6.96. The summed E-state index contributed by atoms with van der Waals surface area (Å²) in [5.74, 6) is 9.61. The van der Waals surface area contributed by atoms with Gasteiger partial charge in [0.05, 0.1) is 18.0 Å². The van der Waals surface area contributed by atoms with Crippen LogP contribution >= 0.6 is 0 Å². The highest BCUT2D eigenvalue weighted by Crippen LogP contribution is 2.44. The Kier molecular flexibility index (Phi) is 6.53. The van der Waals surface area contributed by atoms with Gasteiger partial charge in [-0.15, -0.1) is 4.59 Å². The van der Waals surface area contributed by atoms with Gasteiger partial charge in [0.2, 0.25) is 5.70 Å². The number of hydrogen-bond donors (Lipinski definition) is 2. The number of aliphatic imine (C=N–C) groups is 2. The van der Waals surface area contributed by atoms with E-state index in [1.165, 1.54) is 5.56 Å². The highest BCUT2D eigenvalue weighted by Gasteiger charge is 2.48. The lowest BCUT2D eigenvalue weighted by atomic mass is 9.73. The van der Waals surface area contributed by atoms with Gasteiger partial charge in [-0.3, -0.25) is 4.99 Å². The monoisotopic (exact) mass is 490 g/mol. The standard InChI is InChI=1S/C31H32N5O/c32-36-15-14-33-21-29(36)30(27-16-25(17-27)20-34-19-23-8-3-1-4-9-23)35-31(36)26-12-7-13-28(18-26)37-22-24-10-5-2-6-11-24/h1-15,18,21,25,27,34H,16-17,19-20,22,32H2/q+1. The number of rotatable bonds is 9. The van der Waals surface area contributed by atoms with Crippen molar-refractivity contribution < 1.29 is 9.33 Å². The van der Waals surface area contributed by atoms with Crippen LogP contribution in [0.25, 0.3) is 0 Å². The van der Waals surface area contributed by atoms with Crippen LogP contribution in [0, 0.1) is 11.8 Å². The minimum absolute atomic E-state index is 0.0500. The van der Waals surface area contributed by atoms with Crippen molar-refractivity contribution in [1.29, 1.82) is 0 Å². The van der Waals surface area contributed by atoms with Crippen molar-refractivity contribution >= 4 is 12.1 Å². The molecule has 3 aromatic rings. The summed E-state index contributed by atoms with van der Waals surface area (Å²) in [6.07, 6.45) is 7.76. The Morgan fingerprint density at radius 1 is 0.919 bits per heavy atom. The molecule has 6 rings (SSSR count). The summed E-state index contributed by atoms with van der Waals surface area (Å²) in [4.78, 5) is 9.54. The number of ether oxygens (including phenoxy) is 1. The second kappa shape index (κ2) is 10.3. The van der Waals surface area contributed by atoms with Gasteiger partial charge in [-0.05, 0) is 54.6 Å². The van der Waals surface area contributed by atoms with Crippen molar-refractivity contribution in [3.8, 4) is 5.75 Å². The number of nitrogens with one attached hydrogen (secondary N) is 1. The van der Waals surface area contributed by atoms with Gasteiger partial charge in [0.15, 0.2) is 0 Å². The molecule has 2 aliphatic heterocycles. The van der Waals surface area contributed by atoms with Gasteiger partial charge in [-0.1, -0.05) is 66.7 Å². The average Bonchev–Trinajstić information content (AvgIpc) is 3.22. The van der Waals surface area contributed by atoms with E-state index in [1.54, 1.807) is 6.20 Å². The summed E-state index contributed by atoms with van der Waals surface area (Å²) in [7, 11) is 0. The quantitative estimate of drug-likeness (QED) is 0.316. The molecule has 0 bridgehead atoms. The van der Waals surface area contributed by atoms with Crippen LogP contribution in [0.15, 0.2) is 119 Å². The van der Waals surface area contributed by atoms with E-state index in [-0.39, 0.29) is 4.59 Å². The third kappa shape index (κ3) is 4.91. The zero-order valence-electron chi connectivity index (χ0n) is 20.8. The molecule has 0 radical (unpaired) electrons. The summed E-state index contributed by atoms with van der Waals surface area (Å²) in [5, 5.41) is 3.61. The molecule has 3 N–H and O–H groups in total. The third-order valence-corrected chi connectivity index (χ3v) is 7.39. The zero-order valence-corrected chi connectivity index (χ0v) is 20.8. The van der Waals surface area contributed by atoms with Crippen molar-refractivity contribution in [2.45, 2.75) is 26.0 Å². The fourth-order valence-electron chi connectivity index (χ4n) is 5.31. The topological polar surface area (TPSA) is 72.0 Å². The van der Waals surface area contributed by atoms with E-state index in [4.69, 9.17) is 15.6 Å². The number of nitrogens with zero attached hydrogens (tertiary/aromatic N) is 3. The normalized spacial score (nSPS) is 24.0. The molecule has 2 heterocycles. The molecule has 1 fully saturated rings. The zero-order chi connectivity index (χ0) is 25.1. The molecule has 1 unspecified atom stereocenters. The van der Waals surface area contributed by atoms with Crippen molar-refractivity contribution in [3.63, 3.8) is 0 Å². The van der Waals surface area contributed by atoms with E-state index in [0.717, 1.165) is 60.0 Å². The number of quaternary nitrogens is 1. The molecule has 0 saturated heterocycles. The van der Waals surface area contributed by atoms with Crippen molar-refractivity contribution in [2.75, 3.05) is 6.54 Å². The van der Waals surface area contributed by atoms with Crippen molar-refractivity contribution in [3.05, 3.63) is 125 Å². The molecule has 0 amide bonds. The van der Waals surface area contributed by atoms with E-state index in [2.05, 4.69) is 58.8 Å². The van der Waals surface area contributed by atoms with Gasteiger partial charge in [0, 0.05) is 12.5 Å². The van der Waals surface area contributed by atoms with Gasteiger partial charge in [-0.2, -0.15) is 10.8 Å². The molecule has 0 spiro atoms. The van der Waals surface area contributed by atoms with Gasteiger partial charge in [-0.25, -0.2) is 0 Å². The van der Waals surface area contributed by atoms with Crippen LogP contribution in [0.1, 0.15) is 29.5 Å².